The van der Waals surface area contributed by atoms with Gasteiger partial charge in [0.2, 0.25) is 0 Å². The Morgan fingerprint density at radius 2 is 1.71 bits per heavy atom. The molecular formula is C29H28ClN3O. The molecule has 1 amide bonds. The van der Waals surface area contributed by atoms with Crippen LogP contribution >= 0.6 is 11.6 Å². The van der Waals surface area contributed by atoms with Gasteiger partial charge in [0.1, 0.15) is 0 Å². The van der Waals surface area contributed by atoms with Gasteiger partial charge in [-0.3, -0.25) is 4.79 Å². The lowest BCUT2D eigenvalue weighted by molar-refractivity contribution is 0.0748. The van der Waals surface area contributed by atoms with E-state index in [0.717, 1.165) is 63.5 Å². The van der Waals surface area contributed by atoms with Gasteiger partial charge in [-0.2, -0.15) is 0 Å². The highest BCUT2D eigenvalue weighted by Gasteiger charge is 2.24. The molecule has 3 aromatic carbocycles. The molecule has 172 valence electrons. The molecule has 1 aliphatic rings. The molecule has 5 heteroatoms. The third kappa shape index (κ3) is 4.51. The molecule has 1 aliphatic heterocycles. The van der Waals surface area contributed by atoms with Crippen LogP contribution in [0.2, 0.25) is 5.02 Å². The van der Waals surface area contributed by atoms with Gasteiger partial charge in [-0.1, -0.05) is 60.5 Å². The van der Waals surface area contributed by atoms with Crippen molar-refractivity contribution < 1.29 is 4.79 Å². The number of piperazine rings is 1. The Morgan fingerprint density at radius 3 is 2.41 bits per heavy atom. The summed E-state index contributed by atoms with van der Waals surface area (Å²) in [4.78, 5) is 22.9. The van der Waals surface area contributed by atoms with Crippen LogP contribution in [0, 0.1) is 6.92 Å². The molecule has 0 bridgehead atoms. The summed E-state index contributed by atoms with van der Waals surface area (Å²) < 4.78 is 0. The van der Waals surface area contributed by atoms with Gasteiger partial charge < -0.3 is 9.80 Å². The number of hydrogen-bond donors (Lipinski definition) is 0. The maximum atomic E-state index is 13.8. The summed E-state index contributed by atoms with van der Waals surface area (Å²) in [5, 5.41) is 1.64. The first-order chi connectivity index (χ1) is 16.5. The lowest BCUT2D eigenvalue weighted by atomic mass is 10.0. The van der Waals surface area contributed by atoms with E-state index >= 15 is 0 Å². The first-order valence-corrected chi connectivity index (χ1v) is 12.2. The number of halogens is 1. The van der Waals surface area contributed by atoms with Crippen molar-refractivity contribution >= 4 is 34.1 Å². The number of nitrogens with zero attached hydrogens (tertiary/aromatic N) is 3. The number of fused-ring (bicyclic) bond motifs is 1. The van der Waals surface area contributed by atoms with E-state index in [-0.39, 0.29) is 5.91 Å². The number of pyridine rings is 1. The van der Waals surface area contributed by atoms with E-state index in [1.54, 1.807) is 0 Å². The molecule has 0 spiro atoms. The number of aromatic nitrogens is 1. The quantitative estimate of drug-likeness (QED) is 0.347. The molecule has 5 rings (SSSR count). The predicted molar refractivity (Wildman–Crippen MR) is 141 cm³/mol. The maximum absolute atomic E-state index is 13.8. The summed E-state index contributed by atoms with van der Waals surface area (Å²) in [6.45, 7) is 7.09. The van der Waals surface area contributed by atoms with Gasteiger partial charge >= 0.3 is 0 Å². The van der Waals surface area contributed by atoms with Crippen molar-refractivity contribution in [1.29, 1.82) is 0 Å². The van der Waals surface area contributed by atoms with E-state index in [0.29, 0.717) is 13.1 Å². The minimum absolute atomic E-state index is 0.0650. The average Bonchev–Trinajstić information content (AvgIpc) is 2.88. The molecule has 0 unspecified atom stereocenters. The minimum atomic E-state index is 0.0650. The molecule has 0 radical (unpaired) electrons. The number of benzene rings is 3. The number of carbonyl (C=O) groups is 1. The third-order valence-electron chi connectivity index (χ3n) is 6.59. The molecule has 2 heterocycles. The normalized spacial score (nSPS) is 14.0. The Kier molecular flexibility index (Phi) is 6.25. The van der Waals surface area contributed by atoms with E-state index in [4.69, 9.17) is 16.6 Å². The molecule has 34 heavy (non-hydrogen) atoms. The zero-order valence-electron chi connectivity index (χ0n) is 19.6. The van der Waals surface area contributed by atoms with E-state index < -0.39 is 0 Å². The molecule has 0 aliphatic carbocycles. The fourth-order valence-corrected chi connectivity index (χ4v) is 4.77. The standard InChI is InChI=1S/C29H28ClN3O/c1-3-21-8-10-22(11-9-21)28-19-26(25-17-20(2)7-12-27(25)31-28)29(34)33-15-13-32(14-16-33)24-6-4-5-23(30)18-24/h4-12,17-19H,3,13-16H2,1-2H3. The van der Waals surface area contributed by atoms with Gasteiger partial charge in [0.25, 0.3) is 5.91 Å². The largest absolute Gasteiger partial charge is 0.368 e. The van der Waals surface area contributed by atoms with Crippen molar-refractivity contribution in [3.63, 3.8) is 0 Å². The van der Waals surface area contributed by atoms with Crippen LogP contribution in [0.3, 0.4) is 0 Å². The van der Waals surface area contributed by atoms with Gasteiger partial charge in [0.15, 0.2) is 0 Å². The van der Waals surface area contributed by atoms with Crippen LogP contribution in [-0.2, 0) is 6.42 Å². The second-order valence-corrected chi connectivity index (χ2v) is 9.32. The second-order valence-electron chi connectivity index (χ2n) is 8.89. The second kappa shape index (κ2) is 9.47. The Morgan fingerprint density at radius 1 is 0.941 bits per heavy atom. The summed E-state index contributed by atoms with van der Waals surface area (Å²) in [6, 6.07) is 24.5. The number of hydrogen-bond acceptors (Lipinski definition) is 3. The van der Waals surface area contributed by atoms with Crippen LogP contribution in [0.4, 0.5) is 5.69 Å². The number of anilines is 1. The van der Waals surface area contributed by atoms with Crippen molar-refractivity contribution in [2.75, 3.05) is 31.1 Å². The van der Waals surface area contributed by atoms with Gasteiger partial charge in [-0.15, -0.1) is 0 Å². The zero-order chi connectivity index (χ0) is 23.7. The Hall–Kier alpha value is -3.37. The van der Waals surface area contributed by atoms with Gasteiger partial charge in [0.05, 0.1) is 16.8 Å². The maximum Gasteiger partial charge on any atom is 0.254 e. The summed E-state index contributed by atoms with van der Waals surface area (Å²) in [5.74, 6) is 0.0650. The summed E-state index contributed by atoms with van der Waals surface area (Å²) in [7, 11) is 0. The number of amides is 1. The minimum Gasteiger partial charge on any atom is -0.368 e. The third-order valence-corrected chi connectivity index (χ3v) is 6.83. The monoisotopic (exact) mass is 469 g/mol. The van der Waals surface area contributed by atoms with Crippen molar-refractivity contribution in [2.45, 2.75) is 20.3 Å². The molecule has 1 aromatic heterocycles. The summed E-state index contributed by atoms with van der Waals surface area (Å²) in [5.41, 5.74) is 6.94. The van der Waals surface area contributed by atoms with E-state index in [9.17, 15) is 4.79 Å². The first-order valence-electron chi connectivity index (χ1n) is 11.8. The summed E-state index contributed by atoms with van der Waals surface area (Å²) in [6.07, 6.45) is 0.996. The highest BCUT2D eigenvalue weighted by Crippen LogP contribution is 2.28. The zero-order valence-corrected chi connectivity index (χ0v) is 20.3. The topological polar surface area (TPSA) is 36.4 Å². The van der Waals surface area contributed by atoms with Crippen LogP contribution in [0.15, 0.2) is 72.8 Å². The lowest BCUT2D eigenvalue weighted by Gasteiger charge is -2.36. The predicted octanol–water partition coefficient (Wildman–Crippen LogP) is 6.39. The Balaban J connectivity index is 1.46. The molecular weight excluding hydrogens is 442 g/mol. The molecule has 0 N–H and O–H groups in total. The van der Waals surface area contributed by atoms with Crippen LogP contribution in [0.25, 0.3) is 22.2 Å². The van der Waals surface area contributed by atoms with Crippen molar-refractivity contribution in [3.05, 3.63) is 94.5 Å². The van der Waals surface area contributed by atoms with Crippen molar-refractivity contribution in [2.24, 2.45) is 0 Å². The van der Waals surface area contributed by atoms with Crippen LogP contribution in [0.5, 0.6) is 0 Å². The average molecular weight is 470 g/mol. The smallest absolute Gasteiger partial charge is 0.254 e. The number of rotatable bonds is 4. The fourth-order valence-electron chi connectivity index (χ4n) is 4.59. The highest BCUT2D eigenvalue weighted by atomic mass is 35.5. The van der Waals surface area contributed by atoms with E-state index in [2.05, 4.69) is 61.2 Å². The number of aryl methyl sites for hydroxylation is 2. The van der Waals surface area contributed by atoms with Gasteiger partial charge in [-0.05, 0) is 55.3 Å². The van der Waals surface area contributed by atoms with Crippen LogP contribution in [-0.4, -0.2) is 42.0 Å². The SMILES string of the molecule is CCc1ccc(-c2cc(C(=O)N3CCN(c4cccc(Cl)c4)CC3)c3cc(C)ccc3n2)cc1. The van der Waals surface area contributed by atoms with Crippen LogP contribution in [0.1, 0.15) is 28.4 Å². The van der Waals surface area contributed by atoms with E-state index in [1.807, 2.05) is 35.2 Å². The number of carbonyl (C=O) groups excluding carboxylic acids is 1. The van der Waals surface area contributed by atoms with Crippen molar-refractivity contribution in [3.8, 4) is 11.3 Å². The van der Waals surface area contributed by atoms with Gasteiger partial charge in [-0.25, -0.2) is 4.98 Å². The highest BCUT2D eigenvalue weighted by molar-refractivity contribution is 6.30. The fraction of sp³-hybridized carbons (Fsp3) is 0.241. The van der Waals surface area contributed by atoms with E-state index in [1.165, 1.54) is 5.56 Å². The van der Waals surface area contributed by atoms with Gasteiger partial charge in [0, 0.05) is 47.8 Å². The van der Waals surface area contributed by atoms with Crippen LogP contribution < -0.4 is 4.90 Å². The Bertz CT molecular complexity index is 1340. The van der Waals surface area contributed by atoms with Crippen molar-refractivity contribution in [1.82, 2.24) is 9.88 Å². The molecule has 0 saturated carbocycles. The Labute approximate surface area is 205 Å². The molecule has 1 saturated heterocycles. The molecule has 4 nitrogen and oxygen atoms in total. The molecule has 4 aromatic rings. The molecule has 1 fully saturated rings. The first kappa shape index (κ1) is 22.4. The lowest BCUT2D eigenvalue weighted by Crippen LogP contribution is -2.48. The summed E-state index contributed by atoms with van der Waals surface area (Å²) >= 11 is 6.18. The molecule has 0 atom stereocenters.